The van der Waals surface area contributed by atoms with Gasteiger partial charge in [0.2, 0.25) is 0 Å². The molecule has 3 radical (unpaired) electrons. The van der Waals surface area contributed by atoms with Crippen LogP contribution in [-0.4, -0.2) is 61.1 Å². The summed E-state index contributed by atoms with van der Waals surface area (Å²) in [5, 5.41) is 19.1. The van der Waals surface area contributed by atoms with Gasteiger partial charge in [0.1, 0.15) is 0 Å². The molecule has 0 amide bonds. The van der Waals surface area contributed by atoms with Crippen LogP contribution in [0.3, 0.4) is 0 Å². The second-order valence-electron chi connectivity index (χ2n) is 3.90. The number of hydrogen-bond acceptors (Lipinski definition) is 5. The number of aromatic nitrogens is 2. The summed E-state index contributed by atoms with van der Waals surface area (Å²) in [6, 6.07) is 1.21. The number of ether oxygens (including phenoxy) is 1. The quantitative estimate of drug-likeness (QED) is 0.271. The number of nitrogens with zero attached hydrogens (tertiary/aromatic N) is 1. The van der Waals surface area contributed by atoms with Gasteiger partial charge in [-0.1, -0.05) is 0 Å². The molecule has 1 aromatic heterocycles. The van der Waals surface area contributed by atoms with Crippen molar-refractivity contribution in [2.75, 3.05) is 6.61 Å². The Morgan fingerprint density at radius 3 is 2.78 bits per heavy atom. The van der Waals surface area contributed by atoms with Crippen LogP contribution in [0.25, 0.3) is 0 Å². The van der Waals surface area contributed by atoms with E-state index in [1.54, 1.807) is 0 Å². The number of aliphatic hydroxyl groups excluding tert-OH is 2. The summed E-state index contributed by atoms with van der Waals surface area (Å²) >= 11 is 2.89. The Morgan fingerprint density at radius 1 is 1.61 bits per heavy atom. The van der Waals surface area contributed by atoms with E-state index in [1.807, 2.05) is 22.6 Å². The molecule has 2 rings (SSSR count). The first kappa shape index (κ1) is 14.5. The van der Waals surface area contributed by atoms with Gasteiger partial charge in [-0.05, 0) is 0 Å². The third kappa shape index (κ3) is 2.28. The molecule has 0 unspecified atom stereocenters. The minimum absolute atomic E-state index is 0.325. The van der Waals surface area contributed by atoms with Gasteiger partial charge in [-0.3, -0.25) is 0 Å². The van der Waals surface area contributed by atoms with Crippen LogP contribution >= 0.6 is 22.6 Å². The minimum atomic E-state index is -1.09. The molecule has 4 atom stereocenters. The first-order valence-electron chi connectivity index (χ1n) is 5.09. The third-order valence-corrected chi connectivity index (χ3v) is 7.97. The van der Waals surface area contributed by atoms with Gasteiger partial charge in [-0.2, -0.15) is 0 Å². The predicted octanol–water partition coefficient (Wildman–Crippen LogP) is -1.71. The van der Waals surface area contributed by atoms with Gasteiger partial charge in [0, 0.05) is 0 Å². The number of H-pyrrole nitrogens is 1. The molecule has 0 aliphatic carbocycles. The van der Waals surface area contributed by atoms with Gasteiger partial charge >= 0.3 is 129 Å². The van der Waals surface area contributed by atoms with Gasteiger partial charge < -0.3 is 0 Å². The number of nitrogens with one attached hydrogen (secondary N) is 1. The maximum absolute atomic E-state index is 11.8. The number of aliphatic hydroxyl groups is 2. The molecule has 1 aromatic rings. The van der Waals surface area contributed by atoms with Crippen LogP contribution in [-0.2, 0) is 8.47 Å². The summed E-state index contributed by atoms with van der Waals surface area (Å²) in [6.45, 7) is -0.325. The average Bonchev–Trinajstić information content (AvgIpc) is 2.54. The molecular weight excluding hydrogens is 462 g/mol. The van der Waals surface area contributed by atoms with E-state index in [2.05, 4.69) is 4.98 Å². The van der Waals surface area contributed by atoms with Gasteiger partial charge in [-0.15, -0.1) is 0 Å². The van der Waals surface area contributed by atoms with Crippen molar-refractivity contribution < 1.29 is 14.9 Å². The zero-order valence-electron chi connectivity index (χ0n) is 9.04. The molecular formula is C9H10IN2O5Sn. The predicted molar refractivity (Wildman–Crippen MR) is 70.8 cm³/mol. The van der Waals surface area contributed by atoms with E-state index in [1.165, 1.54) is 16.8 Å². The first-order chi connectivity index (χ1) is 8.40. The average molecular weight is 472 g/mol. The van der Waals surface area contributed by atoms with Crippen molar-refractivity contribution in [3.8, 4) is 0 Å². The Labute approximate surface area is 128 Å². The Kier molecular flexibility index (Phi) is 4.21. The van der Waals surface area contributed by atoms with Crippen LogP contribution in [0.15, 0.2) is 21.9 Å². The molecule has 0 aromatic carbocycles. The van der Waals surface area contributed by atoms with Gasteiger partial charge in [0.05, 0.1) is 0 Å². The SMILES string of the molecule is O=c1ccn([C@]2(I)O[C@H](CO)[C@@H](O)[C@H]2[Sn])c(=O)[nH]1. The third-order valence-electron chi connectivity index (χ3n) is 2.76. The Hall–Kier alpha value is 0.0887. The van der Waals surface area contributed by atoms with Crippen molar-refractivity contribution in [1.29, 1.82) is 0 Å². The van der Waals surface area contributed by atoms with E-state index >= 15 is 0 Å². The van der Waals surface area contributed by atoms with E-state index in [4.69, 9.17) is 9.84 Å². The molecule has 1 saturated heterocycles. The van der Waals surface area contributed by atoms with Crippen molar-refractivity contribution in [3.05, 3.63) is 33.1 Å². The molecule has 1 aliphatic heterocycles. The Morgan fingerprint density at radius 2 is 2.28 bits per heavy atom. The summed E-state index contributed by atoms with van der Waals surface area (Å²) < 4.78 is 5.39. The fraction of sp³-hybridized carbons (Fsp3) is 0.556. The molecule has 0 saturated carbocycles. The van der Waals surface area contributed by atoms with Crippen LogP contribution in [0.5, 0.6) is 0 Å². The summed E-state index contributed by atoms with van der Waals surface area (Å²) in [4.78, 5) is 24.9. The van der Waals surface area contributed by atoms with Crippen LogP contribution in [0.1, 0.15) is 0 Å². The standard InChI is InChI=1S/C9H10IN2O5.Sn/c10-9(3-5(14)6(4-13)17-9)12-2-1-7(15)11-8(12)16;/h1-3,5-6,13-14H,4H2,(H,11,15,16);/t5-,6+,9-;/m0./s1. The van der Waals surface area contributed by atoms with E-state index in [9.17, 15) is 14.7 Å². The molecule has 7 nitrogen and oxygen atoms in total. The molecule has 0 spiro atoms. The fourth-order valence-electron chi connectivity index (χ4n) is 1.79. The van der Waals surface area contributed by atoms with Crippen LogP contribution < -0.4 is 11.2 Å². The summed E-state index contributed by atoms with van der Waals surface area (Å²) in [6.07, 6.45) is -0.245. The van der Waals surface area contributed by atoms with Gasteiger partial charge in [0.25, 0.3) is 0 Å². The summed E-state index contributed by atoms with van der Waals surface area (Å²) in [7, 11) is 0. The zero-order chi connectivity index (χ0) is 13.5. The number of hydrogen-bond donors (Lipinski definition) is 3. The molecule has 9 heteroatoms. The van der Waals surface area contributed by atoms with Crippen molar-refractivity contribution >= 4 is 45.1 Å². The molecule has 18 heavy (non-hydrogen) atoms. The van der Waals surface area contributed by atoms with E-state index in [0.29, 0.717) is 0 Å². The molecule has 97 valence electrons. The number of rotatable bonds is 2. The van der Waals surface area contributed by atoms with E-state index < -0.39 is 27.2 Å². The van der Waals surface area contributed by atoms with E-state index in [-0.39, 0.29) is 10.5 Å². The van der Waals surface area contributed by atoms with Crippen LogP contribution in [0.2, 0.25) is 3.93 Å². The molecule has 0 bridgehead atoms. The van der Waals surface area contributed by atoms with Crippen molar-refractivity contribution in [1.82, 2.24) is 9.55 Å². The second-order valence-corrected chi connectivity index (χ2v) is 7.22. The molecule has 1 fully saturated rings. The number of halogens is 1. The summed E-state index contributed by atoms with van der Waals surface area (Å²) in [5.74, 6) is 0. The molecule has 2 heterocycles. The maximum atomic E-state index is 11.8. The first-order valence-corrected chi connectivity index (χ1v) is 7.82. The van der Waals surface area contributed by atoms with Crippen molar-refractivity contribution in [2.24, 2.45) is 0 Å². The number of aromatic amines is 1. The van der Waals surface area contributed by atoms with Crippen molar-refractivity contribution in [2.45, 2.75) is 19.9 Å². The van der Waals surface area contributed by atoms with E-state index in [0.717, 1.165) is 22.5 Å². The summed E-state index contributed by atoms with van der Waals surface area (Å²) in [5.41, 5.74) is -1.09. The zero-order valence-corrected chi connectivity index (χ0v) is 14.0. The van der Waals surface area contributed by atoms with Crippen LogP contribution in [0.4, 0.5) is 0 Å². The Balaban J connectivity index is 2.49. The fourth-order valence-corrected chi connectivity index (χ4v) is 4.07. The van der Waals surface area contributed by atoms with Gasteiger partial charge in [0.15, 0.2) is 0 Å². The number of alkyl halides is 1. The van der Waals surface area contributed by atoms with Gasteiger partial charge in [-0.25, -0.2) is 0 Å². The van der Waals surface area contributed by atoms with Crippen molar-refractivity contribution in [3.63, 3.8) is 0 Å². The molecule has 1 aliphatic rings. The normalized spacial score (nSPS) is 35.9. The second kappa shape index (κ2) is 5.23. The monoisotopic (exact) mass is 473 g/mol. The topological polar surface area (TPSA) is 105 Å². The molecule has 3 N–H and O–H groups in total. The Bertz CT molecular complexity index is 560. The van der Waals surface area contributed by atoms with Crippen LogP contribution in [0, 0.1) is 0 Å².